The molecule has 1 aliphatic carbocycles. The molecule has 98 valence electrons. The van der Waals surface area contributed by atoms with Crippen LogP contribution in [0.1, 0.15) is 45.1 Å². The summed E-state index contributed by atoms with van der Waals surface area (Å²) >= 11 is 0. The van der Waals surface area contributed by atoms with Gasteiger partial charge < -0.3 is 10.4 Å². The average Bonchev–Trinajstić information content (AvgIpc) is 2.64. The predicted octanol–water partition coefficient (Wildman–Crippen LogP) is 3.35. The summed E-state index contributed by atoms with van der Waals surface area (Å²) in [6, 6.07) is 8.69. The first-order chi connectivity index (χ1) is 8.49. The van der Waals surface area contributed by atoms with E-state index in [1.807, 2.05) is 0 Å². The van der Waals surface area contributed by atoms with Gasteiger partial charge in [-0.15, -0.1) is 0 Å². The third-order valence-corrected chi connectivity index (χ3v) is 4.72. The number of aryl methyl sites for hydroxylation is 1. The van der Waals surface area contributed by atoms with E-state index in [1.54, 1.807) is 0 Å². The second-order valence-electron chi connectivity index (χ2n) is 6.84. The lowest BCUT2D eigenvalue weighted by molar-refractivity contribution is 0.0150. The van der Waals surface area contributed by atoms with E-state index in [4.69, 9.17) is 0 Å². The molecule has 0 spiro atoms. The summed E-state index contributed by atoms with van der Waals surface area (Å²) in [5, 5.41) is 14.5. The zero-order chi connectivity index (χ0) is 12.8. The lowest BCUT2D eigenvalue weighted by Gasteiger charge is -2.38. The number of hydrogen-bond acceptors (Lipinski definition) is 2. The lowest BCUT2D eigenvalue weighted by atomic mass is 9.82. The van der Waals surface area contributed by atoms with Gasteiger partial charge >= 0.3 is 0 Å². The number of benzene rings is 1. The van der Waals surface area contributed by atoms with E-state index < -0.39 is 5.60 Å². The zero-order valence-electron chi connectivity index (χ0n) is 11.4. The molecule has 0 radical (unpaired) electrons. The smallest absolute Gasteiger partial charge is 0.0853 e. The van der Waals surface area contributed by atoms with Gasteiger partial charge in [0.25, 0.3) is 0 Å². The third kappa shape index (κ3) is 2.03. The molecule has 0 amide bonds. The van der Waals surface area contributed by atoms with E-state index in [0.717, 1.165) is 32.1 Å². The second-order valence-corrected chi connectivity index (χ2v) is 6.84. The highest BCUT2D eigenvalue weighted by atomic mass is 16.3. The third-order valence-electron chi connectivity index (χ3n) is 4.72. The van der Waals surface area contributed by atoms with Crippen molar-refractivity contribution in [2.75, 3.05) is 5.32 Å². The van der Waals surface area contributed by atoms with Crippen LogP contribution in [0.2, 0.25) is 0 Å². The maximum atomic E-state index is 10.9. The van der Waals surface area contributed by atoms with Crippen LogP contribution in [-0.4, -0.2) is 16.7 Å². The lowest BCUT2D eigenvalue weighted by Crippen LogP contribution is -2.47. The highest BCUT2D eigenvalue weighted by Gasteiger charge is 2.47. The molecule has 1 aromatic rings. The fourth-order valence-electron chi connectivity index (χ4n) is 3.70. The molecule has 0 saturated heterocycles. The second kappa shape index (κ2) is 3.99. The Morgan fingerprint density at radius 2 is 2.00 bits per heavy atom. The molecule has 1 aliphatic heterocycles. The minimum Gasteiger partial charge on any atom is -0.388 e. The molecular weight excluding hydrogens is 222 g/mol. The minimum atomic E-state index is -0.517. The highest BCUT2D eigenvalue weighted by molar-refractivity contribution is 5.54. The fourth-order valence-corrected chi connectivity index (χ4v) is 3.70. The minimum absolute atomic E-state index is 0.217. The predicted molar refractivity (Wildman–Crippen MR) is 74.8 cm³/mol. The number of para-hydroxylation sites is 1. The Labute approximate surface area is 109 Å². The van der Waals surface area contributed by atoms with Crippen LogP contribution in [0, 0.1) is 5.41 Å². The van der Waals surface area contributed by atoms with E-state index in [0.29, 0.717) is 0 Å². The zero-order valence-corrected chi connectivity index (χ0v) is 11.4. The van der Waals surface area contributed by atoms with Gasteiger partial charge in [-0.25, -0.2) is 0 Å². The Hall–Kier alpha value is -1.02. The maximum absolute atomic E-state index is 10.9. The summed E-state index contributed by atoms with van der Waals surface area (Å²) in [5.41, 5.74) is 2.37. The molecule has 2 atom stereocenters. The van der Waals surface area contributed by atoms with Crippen LogP contribution in [0.5, 0.6) is 0 Å². The molecule has 2 heteroatoms. The van der Waals surface area contributed by atoms with E-state index in [1.165, 1.54) is 11.3 Å². The van der Waals surface area contributed by atoms with Gasteiger partial charge in [0, 0.05) is 5.69 Å². The molecule has 2 N–H and O–H groups in total. The van der Waals surface area contributed by atoms with Crippen LogP contribution >= 0.6 is 0 Å². The van der Waals surface area contributed by atoms with Gasteiger partial charge in [-0.05, 0) is 49.1 Å². The van der Waals surface area contributed by atoms with Gasteiger partial charge in [0.1, 0.15) is 0 Å². The number of hydrogen-bond donors (Lipinski definition) is 2. The summed E-state index contributed by atoms with van der Waals surface area (Å²) in [5.74, 6) is 0. The molecule has 3 rings (SSSR count). The SMILES string of the molecule is CC1(C)CCC(O)(C2CCc3ccccc3N2)C1. The summed E-state index contributed by atoms with van der Waals surface area (Å²) in [6.45, 7) is 4.53. The quantitative estimate of drug-likeness (QED) is 0.795. The van der Waals surface area contributed by atoms with Crippen LogP contribution in [0.4, 0.5) is 5.69 Å². The summed E-state index contributed by atoms with van der Waals surface area (Å²) in [6.07, 6.45) is 5.10. The van der Waals surface area contributed by atoms with Crippen molar-refractivity contribution in [2.24, 2.45) is 5.41 Å². The highest BCUT2D eigenvalue weighted by Crippen LogP contribution is 2.47. The van der Waals surface area contributed by atoms with Crippen LogP contribution in [0.25, 0.3) is 0 Å². The molecule has 0 aromatic heterocycles. The molecule has 1 aromatic carbocycles. The molecule has 2 aliphatic rings. The monoisotopic (exact) mass is 245 g/mol. The Morgan fingerprint density at radius 3 is 2.72 bits per heavy atom. The standard InChI is InChI=1S/C16H23NO/c1-15(2)9-10-16(18,11-15)14-8-7-12-5-3-4-6-13(12)17-14/h3-6,14,17-18H,7-11H2,1-2H3. The summed E-state index contributed by atoms with van der Waals surface area (Å²) < 4.78 is 0. The van der Waals surface area contributed by atoms with E-state index >= 15 is 0 Å². The number of anilines is 1. The summed E-state index contributed by atoms with van der Waals surface area (Å²) in [4.78, 5) is 0. The van der Waals surface area contributed by atoms with Crippen molar-refractivity contribution in [1.29, 1.82) is 0 Å². The Morgan fingerprint density at radius 1 is 1.22 bits per heavy atom. The van der Waals surface area contributed by atoms with Gasteiger partial charge in [0.15, 0.2) is 0 Å². The van der Waals surface area contributed by atoms with Crippen LogP contribution < -0.4 is 5.32 Å². The molecule has 18 heavy (non-hydrogen) atoms. The van der Waals surface area contributed by atoms with Gasteiger partial charge in [-0.2, -0.15) is 0 Å². The van der Waals surface area contributed by atoms with Crippen molar-refractivity contribution in [1.82, 2.24) is 0 Å². The maximum Gasteiger partial charge on any atom is 0.0853 e. The van der Waals surface area contributed by atoms with Crippen LogP contribution in [0.15, 0.2) is 24.3 Å². The Balaban J connectivity index is 1.80. The van der Waals surface area contributed by atoms with Gasteiger partial charge in [-0.3, -0.25) is 0 Å². The molecule has 1 heterocycles. The van der Waals surface area contributed by atoms with Crippen LogP contribution in [-0.2, 0) is 6.42 Å². The molecule has 2 unspecified atom stereocenters. The topological polar surface area (TPSA) is 32.3 Å². The van der Waals surface area contributed by atoms with Crippen LogP contribution in [0.3, 0.4) is 0 Å². The normalized spacial score (nSPS) is 33.8. The molecule has 1 fully saturated rings. The van der Waals surface area contributed by atoms with Crippen molar-refractivity contribution < 1.29 is 5.11 Å². The number of rotatable bonds is 1. The van der Waals surface area contributed by atoms with Crippen molar-refractivity contribution in [3.8, 4) is 0 Å². The largest absolute Gasteiger partial charge is 0.388 e. The first-order valence-electron chi connectivity index (χ1n) is 7.05. The molecular formula is C16H23NO. The van der Waals surface area contributed by atoms with Crippen molar-refractivity contribution in [3.05, 3.63) is 29.8 Å². The van der Waals surface area contributed by atoms with Gasteiger partial charge in [0.05, 0.1) is 11.6 Å². The Kier molecular flexibility index (Phi) is 2.67. The summed E-state index contributed by atoms with van der Waals surface area (Å²) in [7, 11) is 0. The Bertz CT molecular complexity index is 454. The fraction of sp³-hybridized carbons (Fsp3) is 0.625. The molecule has 1 saturated carbocycles. The number of nitrogens with one attached hydrogen (secondary N) is 1. The molecule has 2 nitrogen and oxygen atoms in total. The number of fused-ring (bicyclic) bond motifs is 1. The first kappa shape index (κ1) is 12.0. The number of aliphatic hydroxyl groups is 1. The average molecular weight is 245 g/mol. The van der Waals surface area contributed by atoms with Crippen molar-refractivity contribution in [3.63, 3.8) is 0 Å². The van der Waals surface area contributed by atoms with Gasteiger partial charge in [-0.1, -0.05) is 32.0 Å². The van der Waals surface area contributed by atoms with E-state index in [-0.39, 0.29) is 11.5 Å². The molecule has 0 bridgehead atoms. The van der Waals surface area contributed by atoms with Crippen molar-refractivity contribution in [2.45, 2.75) is 57.6 Å². The van der Waals surface area contributed by atoms with E-state index in [9.17, 15) is 5.11 Å². The van der Waals surface area contributed by atoms with Crippen molar-refractivity contribution >= 4 is 5.69 Å². The van der Waals surface area contributed by atoms with Gasteiger partial charge in [0.2, 0.25) is 0 Å². The van der Waals surface area contributed by atoms with E-state index in [2.05, 4.69) is 43.4 Å². The first-order valence-corrected chi connectivity index (χ1v) is 7.05.